The Morgan fingerprint density at radius 1 is 1.06 bits per heavy atom. The number of piperazine rings is 1. The molecule has 194 valence electrons. The number of carbonyl (C=O) groups excluding carboxylic acids is 2. The molecule has 0 bridgehead atoms. The van der Waals surface area contributed by atoms with E-state index in [0.717, 1.165) is 6.08 Å². The average Bonchev–Trinajstić information content (AvgIpc) is 2.86. The summed E-state index contributed by atoms with van der Waals surface area (Å²) in [6.45, 7) is -3.05. The molecule has 1 fully saturated rings. The van der Waals surface area contributed by atoms with Crippen LogP contribution in [0.25, 0.3) is 6.08 Å². The summed E-state index contributed by atoms with van der Waals surface area (Å²) in [4.78, 5) is 25.9. The van der Waals surface area contributed by atoms with Crippen LogP contribution in [0.1, 0.15) is 5.56 Å². The van der Waals surface area contributed by atoms with Crippen molar-refractivity contribution in [3.63, 3.8) is 0 Å². The van der Waals surface area contributed by atoms with Crippen molar-refractivity contribution in [3.8, 4) is 11.5 Å². The third-order valence-corrected chi connectivity index (χ3v) is 7.36. The van der Waals surface area contributed by atoms with Crippen LogP contribution in [0, 0.1) is 0 Å². The van der Waals surface area contributed by atoms with E-state index in [9.17, 15) is 26.8 Å². The summed E-state index contributed by atoms with van der Waals surface area (Å²) in [6.07, 6.45) is 2.44. The van der Waals surface area contributed by atoms with E-state index in [2.05, 4.69) is 4.74 Å². The molecule has 36 heavy (non-hydrogen) atoms. The number of hydrogen-bond donors (Lipinski definition) is 0. The van der Waals surface area contributed by atoms with Gasteiger partial charge in [0.2, 0.25) is 10.0 Å². The topological polar surface area (TPSA) is 102 Å². The molecule has 0 unspecified atom stereocenters. The predicted octanol–water partition coefficient (Wildman–Crippen LogP) is 3.04. The molecule has 3 rings (SSSR count). The molecule has 1 aliphatic heterocycles. The molecule has 9 nitrogen and oxygen atoms in total. The van der Waals surface area contributed by atoms with E-state index in [1.807, 2.05) is 0 Å². The molecular weight excluding hydrogens is 522 g/mol. The Bertz CT molecular complexity index is 1220. The van der Waals surface area contributed by atoms with Gasteiger partial charge >= 0.3 is 12.6 Å². The minimum atomic E-state index is -3.71. The number of sulfonamides is 1. The van der Waals surface area contributed by atoms with Crippen LogP contribution < -0.4 is 9.47 Å². The number of esters is 1. The fourth-order valence-electron chi connectivity index (χ4n) is 3.35. The van der Waals surface area contributed by atoms with E-state index in [1.54, 1.807) is 0 Å². The fraction of sp³-hybridized carbons (Fsp3) is 0.304. The molecule has 0 saturated carbocycles. The van der Waals surface area contributed by atoms with E-state index in [1.165, 1.54) is 64.9 Å². The molecule has 13 heteroatoms. The summed E-state index contributed by atoms with van der Waals surface area (Å²) >= 11 is 5.81. The highest BCUT2D eigenvalue weighted by molar-refractivity contribution is 7.89. The van der Waals surface area contributed by atoms with Gasteiger partial charge in [-0.05, 0) is 48.0 Å². The average molecular weight is 545 g/mol. The van der Waals surface area contributed by atoms with Crippen LogP contribution in [0.15, 0.2) is 53.4 Å². The second kappa shape index (κ2) is 12.2. The standard InChI is InChI=1S/C23H23ClF2N2O7S/c1-33-20-14-16(2-8-19(20)35-23(25)26)3-9-22(30)34-15-21(29)27-10-12-28(13-11-27)36(31,32)18-6-4-17(24)5-7-18/h2-9,14,23H,10-13,15H2,1H3/b9-3+. The van der Waals surface area contributed by atoms with Gasteiger partial charge < -0.3 is 19.1 Å². The summed E-state index contributed by atoms with van der Waals surface area (Å²) in [5.74, 6) is -1.35. The van der Waals surface area contributed by atoms with Crippen LogP contribution in [0.3, 0.4) is 0 Å². The molecule has 0 radical (unpaired) electrons. The van der Waals surface area contributed by atoms with Crippen molar-refractivity contribution in [2.24, 2.45) is 0 Å². The number of hydrogen-bond acceptors (Lipinski definition) is 7. The number of nitrogens with zero attached hydrogens (tertiary/aromatic N) is 2. The second-order valence-electron chi connectivity index (χ2n) is 7.47. The van der Waals surface area contributed by atoms with Crippen LogP contribution in [0.2, 0.25) is 5.02 Å². The summed E-state index contributed by atoms with van der Waals surface area (Å²) in [6, 6.07) is 9.92. The minimum absolute atomic E-state index is 0.0539. The van der Waals surface area contributed by atoms with Gasteiger partial charge in [-0.2, -0.15) is 13.1 Å². The fourth-order valence-corrected chi connectivity index (χ4v) is 4.90. The molecule has 2 aromatic rings. The first-order valence-corrected chi connectivity index (χ1v) is 12.4. The van der Waals surface area contributed by atoms with Gasteiger partial charge in [0.05, 0.1) is 12.0 Å². The smallest absolute Gasteiger partial charge is 0.387 e. The molecule has 1 saturated heterocycles. The summed E-state index contributed by atoms with van der Waals surface area (Å²) in [5, 5.41) is 0.422. The molecule has 2 aromatic carbocycles. The van der Waals surface area contributed by atoms with Crippen molar-refractivity contribution in [3.05, 3.63) is 59.1 Å². The van der Waals surface area contributed by atoms with E-state index >= 15 is 0 Å². The van der Waals surface area contributed by atoms with Gasteiger partial charge in [-0.3, -0.25) is 4.79 Å². The highest BCUT2D eigenvalue weighted by Crippen LogP contribution is 2.29. The first kappa shape index (κ1) is 27.4. The van der Waals surface area contributed by atoms with Crippen LogP contribution in [0.4, 0.5) is 8.78 Å². The molecular formula is C23H23ClF2N2O7S. The zero-order valence-electron chi connectivity index (χ0n) is 19.1. The highest BCUT2D eigenvalue weighted by Gasteiger charge is 2.30. The van der Waals surface area contributed by atoms with E-state index in [4.69, 9.17) is 21.1 Å². The lowest BCUT2D eigenvalue weighted by molar-refractivity contribution is -0.148. The molecule has 0 aromatic heterocycles. The van der Waals surface area contributed by atoms with Gasteiger partial charge in [-0.15, -0.1) is 0 Å². The molecule has 1 heterocycles. The number of rotatable bonds is 9. The van der Waals surface area contributed by atoms with Crippen LogP contribution in [-0.4, -0.2) is 76.0 Å². The third-order valence-electron chi connectivity index (χ3n) is 5.20. The lowest BCUT2D eigenvalue weighted by Gasteiger charge is -2.33. The summed E-state index contributed by atoms with van der Waals surface area (Å²) in [7, 11) is -2.43. The number of halogens is 3. The van der Waals surface area contributed by atoms with Crippen LogP contribution >= 0.6 is 11.6 Å². The van der Waals surface area contributed by atoms with Crippen LogP contribution in [-0.2, 0) is 24.3 Å². The number of carbonyl (C=O) groups is 2. The number of alkyl halides is 2. The Morgan fingerprint density at radius 3 is 2.33 bits per heavy atom. The highest BCUT2D eigenvalue weighted by atomic mass is 35.5. The number of methoxy groups -OCH3 is 1. The maximum absolute atomic E-state index is 12.7. The summed E-state index contributed by atoms with van der Waals surface area (Å²) in [5.41, 5.74) is 0.453. The normalized spacial score (nSPS) is 14.8. The lowest BCUT2D eigenvalue weighted by atomic mass is 10.2. The SMILES string of the molecule is COc1cc(/C=C/C(=O)OCC(=O)N2CCN(S(=O)(=O)c3ccc(Cl)cc3)CC2)ccc1OC(F)F. The van der Waals surface area contributed by atoms with E-state index in [0.29, 0.717) is 10.6 Å². The van der Waals surface area contributed by atoms with Crippen molar-refractivity contribution in [1.29, 1.82) is 0 Å². The Hall–Kier alpha value is -3.22. The first-order valence-electron chi connectivity index (χ1n) is 10.6. The van der Waals surface area contributed by atoms with Gasteiger partial charge in [-0.25, -0.2) is 13.2 Å². The number of benzene rings is 2. The van der Waals surface area contributed by atoms with E-state index in [-0.39, 0.29) is 42.6 Å². The quantitative estimate of drug-likeness (QED) is 0.353. The molecule has 0 spiro atoms. The molecule has 0 aliphatic carbocycles. The van der Waals surface area contributed by atoms with Gasteiger partial charge in [-0.1, -0.05) is 17.7 Å². The minimum Gasteiger partial charge on any atom is -0.493 e. The Kier molecular flexibility index (Phi) is 9.24. The third kappa shape index (κ3) is 7.15. The lowest BCUT2D eigenvalue weighted by Crippen LogP contribution is -2.51. The van der Waals surface area contributed by atoms with Crippen molar-refractivity contribution >= 4 is 39.6 Å². The molecule has 1 aliphatic rings. The number of ether oxygens (including phenoxy) is 3. The largest absolute Gasteiger partial charge is 0.493 e. The van der Waals surface area contributed by atoms with Crippen LogP contribution in [0.5, 0.6) is 11.5 Å². The first-order chi connectivity index (χ1) is 17.1. The monoisotopic (exact) mass is 544 g/mol. The van der Waals surface area contributed by atoms with Crippen molar-refractivity contribution in [1.82, 2.24) is 9.21 Å². The molecule has 0 N–H and O–H groups in total. The zero-order chi connectivity index (χ0) is 26.3. The van der Waals surface area contributed by atoms with Crippen molar-refractivity contribution < 1.29 is 41.0 Å². The van der Waals surface area contributed by atoms with Gasteiger partial charge in [0.1, 0.15) is 0 Å². The predicted molar refractivity (Wildman–Crippen MR) is 126 cm³/mol. The van der Waals surface area contributed by atoms with Crippen molar-refractivity contribution in [2.45, 2.75) is 11.5 Å². The molecule has 0 atom stereocenters. The Balaban J connectivity index is 1.48. The van der Waals surface area contributed by atoms with Crippen molar-refractivity contribution in [2.75, 3.05) is 39.9 Å². The van der Waals surface area contributed by atoms with E-state index < -0.39 is 35.1 Å². The number of amides is 1. The molecule has 1 amide bonds. The Morgan fingerprint density at radius 2 is 1.72 bits per heavy atom. The Labute approximate surface area is 211 Å². The van der Waals surface area contributed by atoms with Gasteiger partial charge in [0, 0.05) is 37.3 Å². The maximum atomic E-state index is 12.7. The summed E-state index contributed by atoms with van der Waals surface area (Å²) < 4.78 is 65.9. The zero-order valence-corrected chi connectivity index (χ0v) is 20.7. The maximum Gasteiger partial charge on any atom is 0.387 e. The van der Waals surface area contributed by atoms with Gasteiger partial charge in [0.25, 0.3) is 5.91 Å². The second-order valence-corrected chi connectivity index (χ2v) is 9.84. The van der Waals surface area contributed by atoms with Gasteiger partial charge in [0.15, 0.2) is 18.1 Å².